The average molecular weight is 453 g/mol. The van der Waals surface area contributed by atoms with E-state index in [2.05, 4.69) is 15.2 Å². The van der Waals surface area contributed by atoms with E-state index in [1.54, 1.807) is 22.9 Å². The van der Waals surface area contributed by atoms with Crippen LogP contribution in [0.3, 0.4) is 0 Å². The summed E-state index contributed by atoms with van der Waals surface area (Å²) >= 11 is 0. The molecule has 2 spiro atoms. The van der Waals surface area contributed by atoms with Crippen LogP contribution < -0.4 is 10.9 Å². The largest absolute Gasteiger partial charge is 0.506 e. The summed E-state index contributed by atoms with van der Waals surface area (Å²) in [5, 5.41) is 14.4. The van der Waals surface area contributed by atoms with E-state index in [9.17, 15) is 14.7 Å². The third-order valence-corrected chi connectivity index (χ3v) is 8.53. The highest BCUT2D eigenvalue weighted by atomic mass is 16.5. The Morgan fingerprint density at radius 3 is 2.70 bits per heavy atom. The molecule has 6 rings (SSSR count). The molecular weight excluding hydrogens is 420 g/mol. The second-order valence-corrected chi connectivity index (χ2v) is 10.6. The number of carbonyl (C=O) groups excluding carboxylic acids is 1. The standard InChI is InChI=1S/C25H32N4O4/c30-20-18-2-1-11-26-21(18)29(13-12-28-14-15-33-16-25(28)9-10-25)23(32)19(20)22(31)27-17-3-5-24(6-4-17)7-8-24/h1-2,11,17,30H,3-10,12-16H2,(H,27,31). The Labute approximate surface area is 192 Å². The lowest BCUT2D eigenvalue weighted by Crippen LogP contribution is -2.49. The van der Waals surface area contributed by atoms with Crippen molar-refractivity contribution in [2.45, 2.75) is 69.5 Å². The zero-order valence-electron chi connectivity index (χ0n) is 19.0. The Hall–Kier alpha value is -2.45. The van der Waals surface area contributed by atoms with E-state index < -0.39 is 11.5 Å². The smallest absolute Gasteiger partial charge is 0.268 e. The Kier molecular flexibility index (Phi) is 4.99. The van der Waals surface area contributed by atoms with Crippen molar-refractivity contribution in [1.82, 2.24) is 19.8 Å². The molecule has 2 aromatic rings. The van der Waals surface area contributed by atoms with Crippen LogP contribution in [0.4, 0.5) is 0 Å². The molecule has 2 N–H and O–H groups in total. The van der Waals surface area contributed by atoms with Crippen LogP contribution in [0, 0.1) is 5.41 Å². The van der Waals surface area contributed by atoms with E-state index in [0.29, 0.717) is 36.1 Å². The molecule has 0 atom stereocenters. The highest BCUT2D eigenvalue weighted by molar-refractivity contribution is 6.01. The predicted octanol–water partition coefficient (Wildman–Crippen LogP) is 2.42. The number of rotatable bonds is 5. The van der Waals surface area contributed by atoms with Gasteiger partial charge in [0.15, 0.2) is 0 Å². The molecule has 4 aliphatic rings. The summed E-state index contributed by atoms with van der Waals surface area (Å²) in [6, 6.07) is 3.50. The lowest BCUT2D eigenvalue weighted by molar-refractivity contribution is -0.0215. The van der Waals surface area contributed by atoms with E-state index in [1.807, 2.05) is 0 Å². The van der Waals surface area contributed by atoms with Gasteiger partial charge in [-0.15, -0.1) is 0 Å². The molecule has 0 aromatic carbocycles. The molecule has 3 heterocycles. The van der Waals surface area contributed by atoms with Crippen molar-refractivity contribution in [3.8, 4) is 5.75 Å². The number of nitrogens with zero attached hydrogens (tertiary/aromatic N) is 3. The third kappa shape index (κ3) is 3.73. The lowest BCUT2D eigenvalue weighted by Gasteiger charge is -2.36. The number of morpholine rings is 1. The minimum Gasteiger partial charge on any atom is -0.506 e. The number of aromatic hydroxyl groups is 1. The fourth-order valence-corrected chi connectivity index (χ4v) is 5.92. The van der Waals surface area contributed by atoms with Gasteiger partial charge in [-0.05, 0) is 68.9 Å². The van der Waals surface area contributed by atoms with Crippen molar-refractivity contribution in [1.29, 1.82) is 0 Å². The summed E-state index contributed by atoms with van der Waals surface area (Å²) in [4.78, 5) is 33.5. The fraction of sp³-hybridized carbons (Fsp3) is 0.640. The predicted molar refractivity (Wildman–Crippen MR) is 123 cm³/mol. The Bertz CT molecular complexity index is 1140. The van der Waals surface area contributed by atoms with Crippen molar-refractivity contribution in [3.63, 3.8) is 0 Å². The zero-order valence-corrected chi connectivity index (χ0v) is 19.0. The van der Waals surface area contributed by atoms with Gasteiger partial charge in [-0.1, -0.05) is 0 Å². The van der Waals surface area contributed by atoms with Gasteiger partial charge in [0.25, 0.3) is 11.5 Å². The molecule has 1 saturated heterocycles. The highest BCUT2D eigenvalue weighted by Gasteiger charge is 2.49. The maximum atomic E-state index is 13.5. The normalized spacial score (nSPS) is 23.8. The molecule has 33 heavy (non-hydrogen) atoms. The third-order valence-electron chi connectivity index (χ3n) is 8.53. The van der Waals surface area contributed by atoms with Crippen LogP contribution in [0.25, 0.3) is 11.0 Å². The monoisotopic (exact) mass is 452 g/mol. The molecule has 0 unspecified atom stereocenters. The molecule has 8 nitrogen and oxygen atoms in total. The summed E-state index contributed by atoms with van der Waals surface area (Å²) in [6.45, 7) is 3.38. The van der Waals surface area contributed by atoms with E-state index >= 15 is 0 Å². The minimum absolute atomic E-state index is 0.0589. The molecule has 0 bridgehead atoms. The molecule has 2 aromatic heterocycles. The summed E-state index contributed by atoms with van der Waals surface area (Å²) in [7, 11) is 0. The average Bonchev–Trinajstić information content (AvgIpc) is 3.75. The second kappa shape index (κ2) is 7.81. The summed E-state index contributed by atoms with van der Waals surface area (Å²) in [5.74, 6) is -0.741. The van der Waals surface area contributed by atoms with Crippen molar-refractivity contribution < 1.29 is 14.6 Å². The Balaban J connectivity index is 1.28. The molecule has 1 aliphatic heterocycles. The van der Waals surface area contributed by atoms with Gasteiger partial charge in [0.05, 0.1) is 18.6 Å². The quantitative estimate of drug-likeness (QED) is 0.723. The number of fused-ring (bicyclic) bond motifs is 1. The van der Waals surface area contributed by atoms with E-state index in [1.165, 1.54) is 12.8 Å². The topological polar surface area (TPSA) is 96.7 Å². The number of pyridine rings is 2. The van der Waals surface area contributed by atoms with Gasteiger partial charge in [-0.25, -0.2) is 4.98 Å². The zero-order chi connectivity index (χ0) is 22.6. The van der Waals surface area contributed by atoms with Crippen LogP contribution in [-0.4, -0.2) is 63.3 Å². The van der Waals surface area contributed by atoms with Gasteiger partial charge in [0.1, 0.15) is 17.0 Å². The van der Waals surface area contributed by atoms with Gasteiger partial charge in [0.2, 0.25) is 0 Å². The number of nitrogens with one attached hydrogen (secondary N) is 1. The van der Waals surface area contributed by atoms with Gasteiger partial charge >= 0.3 is 0 Å². The van der Waals surface area contributed by atoms with Crippen LogP contribution in [-0.2, 0) is 11.3 Å². The van der Waals surface area contributed by atoms with Crippen LogP contribution in [0.2, 0.25) is 0 Å². The first-order valence-corrected chi connectivity index (χ1v) is 12.3. The van der Waals surface area contributed by atoms with Crippen LogP contribution in [0.1, 0.15) is 61.7 Å². The van der Waals surface area contributed by atoms with E-state index in [0.717, 1.165) is 51.7 Å². The van der Waals surface area contributed by atoms with Crippen molar-refractivity contribution >= 4 is 16.9 Å². The number of hydrogen-bond acceptors (Lipinski definition) is 6. The van der Waals surface area contributed by atoms with Crippen LogP contribution in [0.5, 0.6) is 5.75 Å². The van der Waals surface area contributed by atoms with E-state index in [4.69, 9.17) is 4.74 Å². The van der Waals surface area contributed by atoms with Crippen molar-refractivity contribution in [2.75, 3.05) is 26.3 Å². The molecule has 176 valence electrons. The number of aromatic nitrogens is 2. The molecular formula is C25H32N4O4. The number of hydrogen-bond donors (Lipinski definition) is 2. The minimum atomic E-state index is -0.473. The second-order valence-electron chi connectivity index (χ2n) is 10.6. The summed E-state index contributed by atoms with van der Waals surface area (Å²) in [5.41, 5.74) is 0.433. The Morgan fingerprint density at radius 1 is 1.18 bits per heavy atom. The molecule has 3 saturated carbocycles. The van der Waals surface area contributed by atoms with Crippen LogP contribution >= 0.6 is 0 Å². The van der Waals surface area contributed by atoms with Gasteiger partial charge in [-0.2, -0.15) is 0 Å². The molecule has 1 amide bonds. The molecule has 8 heteroatoms. The Morgan fingerprint density at radius 2 is 1.97 bits per heavy atom. The lowest BCUT2D eigenvalue weighted by atomic mass is 9.83. The van der Waals surface area contributed by atoms with E-state index in [-0.39, 0.29) is 22.9 Å². The molecule has 3 aliphatic carbocycles. The van der Waals surface area contributed by atoms with Gasteiger partial charge in [-0.3, -0.25) is 19.1 Å². The van der Waals surface area contributed by atoms with Crippen molar-refractivity contribution in [2.24, 2.45) is 5.41 Å². The fourth-order valence-electron chi connectivity index (χ4n) is 5.92. The summed E-state index contributed by atoms with van der Waals surface area (Å²) in [6.07, 6.45) is 10.6. The summed E-state index contributed by atoms with van der Waals surface area (Å²) < 4.78 is 7.24. The molecule has 4 fully saturated rings. The van der Waals surface area contributed by atoms with Crippen LogP contribution in [0.15, 0.2) is 23.1 Å². The number of amides is 1. The highest BCUT2D eigenvalue weighted by Crippen LogP contribution is 2.56. The molecule has 0 radical (unpaired) electrons. The van der Waals surface area contributed by atoms with Gasteiger partial charge in [0, 0.05) is 37.4 Å². The first-order chi connectivity index (χ1) is 16.0. The first-order valence-electron chi connectivity index (χ1n) is 12.3. The SMILES string of the molecule is O=C(NC1CCC2(CC1)CC2)c1c(O)c2cccnc2n(CCN2CCOCC23CC3)c1=O. The van der Waals surface area contributed by atoms with Crippen molar-refractivity contribution in [3.05, 3.63) is 34.2 Å². The first kappa shape index (κ1) is 21.1. The maximum Gasteiger partial charge on any atom is 0.268 e. The van der Waals surface area contributed by atoms with Gasteiger partial charge < -0.3 is 15.2 Å². The number of ether oxygens (including phenoxy) is 1. The number of carbonyl (C=O) groups is 1. The maximum absolute atomic E-state index is 13.5.